The van der Waals surface area contributed by atoms with Gasteiger partial charge in [0.25, 0.3) is 0 Å². The number of anilines is 1. The number of benzene rings is 1. The zero-order valence-electron chi connectivity index (χ0n) is 16.7. The van der Waals surface area contributed by atoms with E-state index in [0.29, 0.717) is 5.92 Å². The van der Waals surface area contributed by atoms with Gasteiger partial charge in [-0.05, 0) is 51.2 Å². The van der Waals surface area contributed by atoms with Crippen molar-refractivity contribution >= 4 is 11.8 Å². The molecule has 4 nitrogen and oxygen atoms in total. The molecule has 0 unspecified atom stereocenters. The van der Waals surface area contributed by atoms with Crippen molar-refractivity contribution < 1.29 is 9.53 Å². The van der Waals surface area contributed by atoms with Crippen LogP contribution in [0.25, 0.3) is 0 Å². The molecule has 1 aliphatic carbocycles. The molecule has 0 atom stereocenters. The number of ether oxygens (including phenoxy) is 1. The summed E-state index contributed by atoms with van der Waals surface area (Å²) < 4.78 is 5.52. The third kappa shape index (κ3) is 4.93. The van der Waals surface area contributed by atoms with Gasteiger partial charge < -0.3 is 14.5 Å². The molecule has 0 radical (unpaired) electrons. The summed E-state index contributed by atoms with van der Waals surface area (Å²) in [6.07, 6.45) is 7.91. The zero-order chi connectivity index (χ0) is 18.6. The van der Waals surface area contributed by atoms with Crippen LogP contribution >= 0.6 is 0 Å². The highest BCUT2D eigenvalue weighted by atomic mass is 16.6. The summed E-state index contributed by atoms with van der Waals surface area (Å²) in [4.78, 5) is 16.6. The minimum absolute atomic E-state index is 0.186. The summed E-state index contributed by atoms with van der Waals surface area (Å²) in [7, 11) is 0. The average molecular weight is 359 g/mol. The number of para-hydroxylation sites is 1. The van der Waals surface area contributed by atoms with Crippen molar-refractivity contribution in [2.45, 2.75) is 70.8 Å². The van der Waals surface area contributed by atoms with Gasteiger partial charge in [-0.1, -0.05) is 43.9 Å². The smallest absolute Gasteiger partial charge is 0.410 e. The molecule has 26 heavy (non-hydrogen) atoms. The molecule has 1 saturated carbocycles. The Bertz CT molecular complexity index is 592. The number of piperazine rings is 1. The Morgan fingerprint density at radius 3 is 2.19 bits per heavy atom. The maximum atomic E-state index is 12.3. The largest absolute Gasteiger partial charge is 0.444 e. The first kappa shape index (κ1) is 19.1. The van der Waals surface area contributed by atoms with Crippen molar-refractivity contribution in [3.05, 3.63) is 29.8 Å². The lowest BCUT2D eigenvalue weighted by atomic mass is 9.90. The molecule has 3 rings (SSSR count). The second-order valence-electron chi connectivity index (χ2n) is 8.70. The standard InChI is InChI=1S/C22H34N2O2/c1-22(2,3)26-21(25)24-16-14-23(15-17-24)20-13-9-8-12-19(20)18-10-6-4-5-7-11-18/h8-9,12-13,18H,4-7,10-11,14-17H2,1-3H3. The monoisotopic (exact) mass is 358 g/mol. The summed E-state index contributed by atoms with van der Waals surface area (Å²) in [6, 6.07) is 8.92. The molecule has 1 aromatic rings. The van der Waals surface area contributed by atoms with Gasteiger partial charge in [0, 0.05) is 31.9 Å². The lowest BCUT2D eigenvalue weighted by Crippen LogP contribution is -2.50. The van der Waals surface area contributed by atoms with Crippen LogP contribution in [0.15, 0.2) is 24.3 Å². The molecule has 1 saturated heterocycles. The first-order chi connectivity index (χ1) is 12.4. The van der Waals surface area contributed by atoms with Gasteiger partial charge in [-0.3, -0.25) is 0 Å². The molecule has 1 aliphatic heterocycles. The molecule has 1 aromatic carbocycles. The molecule has 144 valence electrons. The molecular formula is C22H34N2O2. The van der Waals surface area contributed by atoms with E-state index in [1.165, 1.54) is 49.8 Å². The van der Waals surface area contributed by atoms with E-state index in [1.54, 1.807) is 0 Å². The molecule has 2 fully saturated rings. The average Bonchev–Trinajstić information content (AvgIpc) is 2.90. The molecule has 1 amide bonds. The molecule has 0 aromatic heterocycles. The number of hydrogen-bond donors (Lipinski definition) is 0. The number of amides is 1. The molecule has 0 spiro atoms. The fourth-order valence-electron chi connectivity index (χ4n) is 4.17. The van der Waals surface area contributed by atoms with Crippen molar-refractivity contribution in [3.8, 4) is 0 Å². The van der Waals surface area contributed by atoms with Crippen LogP contribution in [0.5, 0.6) is 0 Å². The van der Waals surface area contributed by atoms with E-state index in [1.807, 2.05) is 25.7 Å². The topological polar surface area (TPSA) is 32.8 Å². The van der Waals surface area contributed by atoms with Crippen molar-refractivity contribution in [2.75, 3.05) is 31.1 Å². The van der Waals surface area contributed by atoms with E-state index >= 15 is 0 Å². The molecule has 1 heterocycles. The van der Waals surface area contributed by atoms with E-state index in [0.717, 1.165) is 26.2 Å². The highest BCUT2D eigenvalue weighted by molar-refractivity contribution is 5.69. The number of rotatable bonds is 2. The second-order valence-corrected chi connectivity index (χ2v) is 8.70. The first-order valence-electron chi connectivity index (χ1n) is 10.3. The quantitative estimate of drug-likeness (QED) is 0.683. The van der Waals surface area contributed by atoms with Gasteiger partial charge in [0.2, 0.25) is 0 Å². The Hall–Kier alpha value is -1.71. The van der Waals surface area contributed by atoms with E-state index in [-0.39, 0.29) is 6.09 Å². The third-order valence-corrected chi connectivity index (χ3v) is 5.50. The van der Waals surface area contributed by atoms with E-state index in [2.05, 4.69) is 29.2 Å². The first-order valence-corrected chi connectivity index (χ1v) is 10.3. The van der Waals surface area contributed by atoms with Crippen molar-refractivity contribution in [1.29, 1.82) is 0 Å². The maximum Gasteiger partial charge on any atom is 0.410 e. The third-order valence-electron chi connectivity index (χ3n) is 5.50. The minimum Gasteiger partial charge on any atom is -0.444 e. The van der Waals surface area contributed by atoms with Crippen molar-refractivity contribution in [1.82, 2.24) is 4.90 Å². The van der Waals surface area contributed by atoms with Gasteiger partial charge >= 0.3 is 6.09 Å². The highest BCUT2D eigenvalue weighted by Crippen LogP contribution is 2.37. The summed E-state index contributed by atoms with van der Waals surface area (Å²) in [6.45, 7) is 8.98. The van der Waals surface area contributed by atoms with Crippen LogP contribution in [-0.2, 0) is 4.74 Å². The van der Waals surface area contributed by atoms with Crippen molar-refractivity contribution in [3.63, 3.8) is 0 Å². The fourth-order valence-corrected chi connectivity index (χ4v) is 4.17. The number of hydrogen-bond acceptors (Lipinski definition) is 3. The number of carbonyl (C=O) groups excluding carboxylic acids is 1. The van der Waals surface area contributed by atoms with E-state index in [9.17, 15) is 4.79 Å². The van der Waals surface area contributed by atoms with Crippen molar-refractivity contribution in [2.24, 2.45) is 0 Å². The van der Waals surface area contributed by atoms with Gasteiger partial charge in [0.1, 0.15) is 5.60 Å². The fraction of sp³-hybridized carbons (Fsp3) is 0.682. The van der Waals surface area contributed by atoms with Crippen LogP contribution in [0.3, 0.4) is 0 Å². The van der Waals surface area contributed by atoms with Gasteiger partial charge in [-0.25, -0.2) is 4.79 Å². The second kappa shape index (κ2) is 8.32. The molecule has 2 aliphatic rings. The lowest BCUT2D eigenvalue weighted by Gasteiger charge is -2.38. The summed E-state index contributed by atoms with van der Waals surface area (Å²) in [5.41, 5.74) is 2.46. The zero-order valence-corrected chi connectivity index (χ0v) is 16.7. The van der Waals surface area contributed by atoms with Gasteiger partial charge in [0.15, 0.2) is 0 Å². The van der Waals surface area contributed by atoms with E-state index in [4.69, 9.17) is 4.74 Å². The van der Waals surface area contributed by atoms with Crippen LogP contribution < -0.4 is 4.90 Å². The highest BCUT2D eigenvalue weighted by Gasteiger charge is 2.27. The molecule has 0 bridgehead atoms. The molecule has 4 heteroatoms. The van der Waals surface area contributed by atoms with E-state index < -0.39 is 5.60 Å². The van der Waals surface area contributed by atoms with Gasteiger partial charge in [0.05, 0.1) is 0 Å². The van der Waals surface area contributed by atoms with Crippen LogP contribution in [0.2, 0.25) is 0 Å². The Morgan fingerprint density at radius 2 is 1.58 bits per heavy atom. The summed E-state index contributed by atoms with van der Waals surface area (Å²) >= 11 is 0. The molecule has 0 N–H and O–H groups in total. The molecular weight excluding hydrogens is 324 g/mol. The lowest BCUT2D eigenvalue weighted by molar-refractivity contribution is 0.0240. The Kier molecular flexibility index (Phi) is 6.10. The maximum absolute atomic E-state index is 12.3. The predicted octanol–water partition coefficient (Wildman–Crippen LogP) is 5.18. The summed E-state index contributed by atoms with van der Waals surface area (Å²) in [5.74, 6) is 0.692. The minimum atomic E-state index is -0.430. The SMILES string of the molecule is CC(C)(C)OC(=O)N1CCN(c2ccccc2C2CCCCCC2)CC1. The van der Waals surface area contributed by atoms with Gasteiger partial charge in [-0.15, -0.1) is 0 Å². The number of carbonyl (C=O) groups is 1. The predicted molar refractivity (Wildman–Crippen MR) is 107 cm³/mol. The Labute approximate surface area is 158 Å². The summed E-state index contributed by atoms with van der Waals surface area (Å²) in [5, 5.41) is 0. The number of nitrogens with zero attached hydrogens (tertiary/aromatic N) is 2. The van der Waals surface area contributed by atoms with Gasteiger partial charge in [-0.2, -0.15) is 0 Å². The normalized spacial score (nSPS) is 20.0. The van der Waals surface area contributed by atoms with Crippen LogP contribution in [0.4, 0.5) is 10.5 Å². The Morgan fingerprint density at radius 1 is 0.962 bits per heavy atom. The van der Waals surface area contributed by atoms with Crippen LogP contribution in [0.1, 0.15) is 70.8 Å². The van der Waals surface area contributed by atoms with Crippen LogP contribution in [0, 0.1) is 0 Å². The van der Waals surface area contributed by atoms with Crippen LogP contribution in [-0.4, -0.2) is 42.8 Å². The Balaban J connectivity index is 1.65.